The Bertz CT molecular complexity index is 561. The number of nitrogens with zero attached hydrogens (tertiary/aromatic N) is 1. The average molecular weight is 326 g/mol. The molecule has 0 spiro atoms. The van der Waals surface area contributed by atoms with Gasteiger partial charge in [0.05, 0.1) is 0 Å². The molecule has 4 N–H and O–H groups in total. The molecule has 1 aromatic heterocycles. The van der Waals surface area contributed by atoms with E-state index in [1.165, 1.54) is 11.3 Å². The number of carbonyl (C=O) groups is 2. The number of ether oxygens (including phenoxy) is 1. The number of rotatable bonds is 6. The van der Waals surface area contributed by atoms with Crippen molar-refractivity contribution in [2.75, 3.05) is 24.1 Å². The molecule has 122 valence electrons. The Hall–Kier alpha value is -1.83. The molecule has 22 heavy (non-hydrogen) atoms. The van der Waals surface area contributed by atoms with Gasteiger partial charge in [-0.1, -0.05) is 11.3 Å². The van der Waals surface area contributed by atoms with E-state index in [0.29, 0.717) is 23.1 Å². The van der Waals surface area contributed by atoms with Crippen LogP contribution in [0.5, 0.6) is 0 Å². The largest absolute Gasteiger partial charge is 0.444 e. The molecule has 1 fully saturated rings. The topological polar surface area (TPSA) is 106 Å². The maximum atomic E-state index is 12.0. The number of aromatic nitrogens is 1. The molecule has 0 saturated heterocycles. The number of hydrogen-bond donors (Lipinski definition) is 3. The van der Waals surface area contributed by atoms with Gasteiger partial charge >= 0.3 is 6.09 Å². The number of nitrogens with one attached hydrogen (secondary N) is 2. The van der Waals surface area contributed by atoms with Gasteiger partial charge in [0.15, 0.2) is 10.9 Å². The molecule has 0 bridgehead atoms. The summed E-state index contributed by atoms with van der Waals surface area (Å²) in [4.78, 5) is 28.1. The predicted octanol–water partition coefficient (Wildman–Crippen LogP) is 2.25. The zero-order valence-corrected chi connectivity index (χ0v) is 13.9. The minimum absolute atomic E-state index is 0.0925. The van der Waals surface area contributed by atoms with Crippen molar-refractivity contribution in [1.29, 1.82) is 0 Å². The summed E-state index contributed by atoms with van der Waals surface area (Å²) in [7, 11) is 0. The molecule has 0 aromatic carbocycles. The Morgan fingerprint density at radius 1 is 1.36 bits per heavy atom. The maximum absolute atomic E-state index is 12.0. The quantitative estimate of drug-likeness (QED) is 0.547. The van der Waals surface area contributed by atoms with Gasteiger partial charge in [0.2, 0.25) is 0 Å². The first-order valence-corrected chi connectivity index (χ1v) is 8.09. The number of nitrogen functional groups attached to an aromatic ring is 1. The van der Waals surface area contributed by atoms with E-state index in [-0.39, 0.29) is 17.5 Å². The highest BCUT2D eigenvalue weighted by Crippen LogP contribution is 2.37. The monoisotopic (exact) mass is 326 g/mol. The van der Waals surface area contributed by atoms with E-state index >= 15 is 0 Å². The van der Waals surface area contributed by atoms with Crippen LogP contribution in [-0.2, 0) is 4.74 Å². The molecular weight excluding hydrogens is 304 g/mol. The fourth-order valence-corrected chi connectivity index (χ4v) is 2.69. The van der Waals surface area contributed by atoms with Gasteiger partial charge in [0.25, 0.3) is 0 Å². The van der Waals surface area contributed by atoms with Gasteiger partial charge in [-0.2, -0.15) is 0 Å². The van der Waals surface area contributed by atoms with Crippen LogP contribution < -0.4 is 16.4 Å². The van der Waals surface area contributed by atoms with Gasteiger partial charge in [-0.05, 0) is 33.6 Å². The molecule has 0 unspecified atom stereocenters. The van der Waals surface area contributed by atoms with Crippen molar-refractivity contribution in [2.24, 2.45) is 5.92 Å². The number of alkyl carbamates (subject to hydrolysis) is 1. The molecule has 0 radical (unpaired) electrons. The number of hydrogen-bond acceptors (Lipinski definition) is 7. The molecule has 1 aliphatic rings. The standard InChI is InChI=1S/C14H22N4O3S/c1-14(2,3)21-13(20)17-7-6-16-12-18-11(15)10(22-12)9(19)8-4-5-8/h8H,4-7,15H2,1-3H3,(H,16,18)(H,17,20). The minimum Gasteiger partial charge on any atom is -0.444 e. The summed E-state index contributed by atoms with van der Waals surface area (Å²) < 4.78 is 5.12. The fourth-order valence-electron chi connectivity index (χ4n) is 1.76. The van der Waals surface area contributed by atoms with Crippen LogP contribution in [0.4, 0.5) is 15.7 Å². The SMILES string of the molecule is CC(C)(C)OC(=O)NCCNc1nc(N)c(C(=O)C2CC2)s1. The van der Waals surface area contributed by atoms with Crippen molar-refractivity contribution >= 4 is 34.2 Å². The summed E-state index contributed by atoms with van der Waals surface area (Å²) in [6, 6.07) is 0. The summed E-state index contributed by atoms with van der Waals surface area (Å²) in [5.41, 5.74) is 5.26. The second-order valence-electron chi connectivity index (χ2n) is 6.23. The van der Waals surface area contributed by atoms with E-state index < -0.39 is 11.7 Å². The normalized spacial score (nSPS) is 14.5. The zero-order valence-electron chi connectivity index (χ0n) is 13.1. The molecule has 8 heteroatoms. The van der Waals surface area contributed by atoms with Crippen LogP contribution in [0.2, 0.25) is 0 Å². The van der Waals surface area contributed by atoms with Gasteiger partial charge in [0, 0.05) is 19.0 Å². The van der Waals surface area contributed by atoms with Crippen molar-refractivity contribution < 1.29 is 14.3 Å². The van der Waals surface area contributed by atoms with E-state index in [1.54, 1.807) is 0 Å². The number of nitrogens with two attached hydrogens (primary N) is 1. The summed E-state index contributed by atoms with van der Waals surface area (Å²) in [5.74, 6) is 0.504. The van der Waals surface area contributed by atoms with Crippen LogP contribution in [-0.4, -0.2) is 35.6 Å². The number of thiazole rings is 1. The first kappa shape index (κ1) is 16.5. The van der Waals surface area contributed by atoms with Gasteiger partial charge < -0.3 is 21.1 Å². The van der Waals surface area contributed by atoms with Crippen LogP contribution >= 0.6 is 11.3 Å². The molecule has 2 rings (SSSR count). The molecule has 0 atom stereocenters. The number of carbonyl (C=O) groups excluding carboxylic acids is 2. The number of anilines is 2. The van der Waals surface area contributed by atoms with Crippen LogP contribution in [0.1, 0.15) is 43.3 Å². The highest BCUT2D eigenvalue weighted by atomic mass is 32.1. The van der Waals surface area contributed by atoms with E-state index in [9.17, 15) is 9.59 Å². The second-order valence-corrected chi connectivity index (χ2v) is 7.23. The van der Waals surface area contributed by atoms with E-state index in [2.05, 4.69) is 15.6 Å². The van der Waals surface area contributed by atoms with E-state index in [4.69, 9.17) is 10.5 Å². The third-order valence-corrected chi connectivity index (χ3v) is 3.94. The second kappa shape index (κ2) is 6.51. The highest BCUT2D eigenvalue weighted by Gasteiger charge is 2.33. The number of amides is 1. The lowest BCUT2D eigenvalue weighted by molar-refractivity contribution is 0.0530. The summed E-state index contributed by atoms with van der Waals surface area (Å²) in [5, 5.41) is 6.27. The Morgan fingerprint density at radius 2 is 2.05 bits per heavy atom. The maximum Gasteiger partial charge on any atom is 0.407 e. The smallest absolute Gasteiger partial charge is 0.407 e. The summed E-state index contributed by atoms with van der Waals surface area (Å²) in [6.07, 6.45) is 1.43. The molecule has 1 aromatic rings. The summed E-state index contributed by atoms with van der Waals surface area (Å²) in [6.45, 7) is 6.29. The van der Waals surface area contributed by atoms with E-state index in [1.807, 2.05) is 20.8 Å². The molecule has 1 amide bonds. The van der Waals surface area contributed by atoms with Crippen molar-refractivity contribution in [1.82, 2.24) is 10.3 Å². The van der Waals surface area contributed by atoms with Gasteiger partial charge in [-0.25, -0.2) is 9.78 Å². The molecule has 0 aliphatic heterocycles. The lowest BCUT2D eigenvalue weighted by Crippen LogP contribution is -2.34. The fraction of sp³-hybridized carbons (Fsp3) is 0.643. The zero-order chi connectivity index (χ0) is 16.3. The van der Waals surface area contributed by atoms with Gasteiger partial charge in [-0.3, -0.25) is 4.79 Å². The minimum atomic E-state index is -0.515. The Kier molecular flexibility index (Phi) is 4.90. The van der Waals surface area contributed by atoms with Gasteiger partial charge in [-0.15, -0.1) is 0 Å². The van der Waals surface area contributed by atoms with Crippen LogP contribution in [0.25, 0.3) is 0 Å². The Balaban J connectivity index is 1.74. The predicted molar refractivity (Wildman–Crippen MR) is 86.3 cm³/mol. The van der Waals surface area contributed by atoms with Crippen molar-refractivity contribution in [2.45, 2.75) is 39.2 Å². The van der Waals surface area contributed by atoms with Crippen molar-refractivity contribution in [3.05, 3.63) is 4.88 Å². The van der Waals surface area contributed by atoms with E-state index in [0.717, 1.165) is 12.8 Å². The molecule has 1 heterocycles. The van der Waals surface area contributed by atoms with Crippen molar-refractivity contribution in [3.63, 3.8) is 0 Å². The number of Topliss-reactive ketones (excluding diaryl/α,β-unsaturated/α-hetero) is 1. The van der Waals surface area contributed by atoms with Gasteiger partial charge in [0.1, 0.15) is 16.3 Å². The molecular formula is C14H22N4O3S. The van der Waals surface area contributed by atoms with Crippen LogP contribution in [0, 0.1) is 5.92 Å². The van der Waals surface area contributed by atoms with Crippen molar-refractivity contribution in [3.8, 4) is 0 Å². The highest BCUT2D eigenvalue weighted by molar-refractivity contribution is 7.18. The first-order chi connectivity index (χ1) is 10.3. The lowest BCUT2D eigenvalue weighted by atomic mass is 10.2. The third-order valence-electron chi connectivity index (χ3n) is 2.89. The summed E-state index contributed by atoms with van der Waals surface area (Å²) >= 11 is 1.26. The molecule has 7 nitrogen and oxygen atoms in total. The first-order valence-electron chi connectivity index (χ1n) is 7.27. The lowest BCUT2D eigenvalue weighted by Gasteiger charge is -2.19. The number of ketones is 1. The average Bonchev–Trinajstić information content (AvgIpc) is 3.16. The molecule has 1 aliphatic carbocycles. The Labute approximate surface area is 133 Å². The van der Waals surface area contributed by atoms with Crippen LogP contribution in [0.15, 0.2) is 0 Å². The third kappa shape index (κ3) is 4.87. The molecule has 1 saturated carbocycles. The van der Waals surface area contributed by atoms with Crippen LogP contribution in [0.3, 0.4) is 0 Å². The Morgan fingerprint density at radius 3 is 2.64 bits per heavy atom.